The Kier molecular flexibility index (Phi) is 2.76. The molecule has 0 bridgehead atoms. The molecule has 0 saturated heterocycles. The van der Waals surface area contributed by atoms with Crippen LogP contribution in [0.5, 0.6) is 0 Å². The number of hydrogen-bond donors (Lipinski definition) is 0. The fraction of sp³-hybridized carbons (Fsp3) is 1.00. The third kappa shape index (κ3) is 1.97. The van der Waals surface area contributed by atoms with Crippen LogP contribution in [0.4, 0.5) is 0 Å². The summed E-state index contributed by atoms with van der Waals surface area (Å²) in [6.45, 7) is 1.94. The number of rotatable bonds is 5. The largest absolute Gasteiger partial charge is 0.378 e. The lowest BCUT2D eigenvalue weighted by molar-refractivity contribution is -0.214. The molecule has 72 valence electrons. The van der Waals surface area contributed by atoms with Gasteiger partial charge in [0.05, 0.1) is 5.60 Å². The number of methoxy groups -OCH3 is 3. The van der Waals surface area contributed by atoms with Crippen molar-refractivity contribution in [1.29, 1.82) is 0 Å². The van der Waals surface area contributed by atoms with E-state index in [1.807, 2.05) is 6.92 Å². The van der Waals surface area contributed by atoms with Crippen molar-refractivity contribution in [3.63, 3.8) is 0 Å². The van der Waals surface area contributed by atoms with Gasteiger partial charge >= 0.3 is 0 Å². The minimum Gasteiger partial charge on any atom is -0.378 e. The number of ether oxygens (including phenoxy) is 3. The Morgan fingerprint density at radius 3 is 1.92 bits per heavy atom. The van der Waals surface area contributed by atoms with Gasteiger partial charge in [0.1, 0.15) is 0 Å². The molecule has 1 fully saturated rings. The molecule has 0 aliphatic heterocycles. The molecule has 12 heavy (non-hydrogen) atoms. The summed E-state index contributed by atoms with van der Waals surface area (Å²) in [6, 6.07) is 0. The highest BCUT2D eigenvalue weighted by Gasteiger charge is 2.48. The summed E-state index contributed by atoms with van der Waals surface area (Å²) in [5.41, 5.74) is 0.0285. The first kappa shape index (κ1) is 9.96. The molecule has 0 spiro atoms. The molecule has 3 heteroatoms. The first-order valence-electron chi connectivity index (χ1n) is 4.25. The molecular formula is C9H18O3. The van der Waals surface area contributed by atoms with Crippen molar-refractivity contribution in [2.45, 2.75) is 37.6 Å². The second-order valence-corrected chi connectivity index (χ2v) is 3.61. The molecule has 1 rings (SSSR count). The lowest BCUT2D eigenvalue weighted by Gasteiger charge is -2.30. The Morgan fingerprint density at radius 1 is 1.17 bits per heavy atom. The molecular weight excluding hydrogens is 156 g/mol. The van der Waals surface area contributed by atoms with E-state index >= 15 is 0 Å². The van der Waals surface area contributed by atoms with Gasteiger partial charge in [-0.05, 0) is 19.8 Å². The van der Waals surface area contributed by atoms with Gasteiger partial charge in [0.15, 0.2) is 5.79 Å². The van der Waals surface area contributed by atoms with E-state index in [9.17, 15) is 0 Å². The molecule has 0 aromatic carbocycles. The summed E-state index contributed by atoms with van der Waals surface area (Å²) in [4.78, 5) is 0. The van der Waals surface area contributed by atoms with Crippen molar-refractivity contribution in [2.75, 3.05) is 21.3 Å². The third-order valence-corrected chi connectivity index (χ3v) is 2.75. The molecule has 1 saturated carbocycles. The van der Waals surface area contributed by atoms with Gasteiger partial charge in [-0.1, -0.05) is 0 Å². The van der Waals surface area contributed by atoms with E-state index in [0.717, 1.165) is 19.3 Å². The van der Waals surface area contributed by atoms with Gasteiger partial charge in [-0.15, -0.1) is 0 Å². The zero-order chi connectivity index (χ0) is 9.24. The minimum absolute atomic E-state index is 0.0285. The fourth-order valence-corrected chi connectivity index (χ4v) is 1.41. The molecule has 0 atom stereocenters. The van der Waals surface area contributed by atoms with Crippen molar-refractivity contribution < 1.29 is 14.2 Å². The van der Waals surface area contributed by atoms with Crippen molar-refractivity contribution in [1.82, 2.24) is 0 Å². The highest BCUT2D eigenvalue weighted by Crippen LogP contribution is 2.45. The van der Waals surface area contributed by atoms with Gasteiger partial charge < -0.3 is 14.2 Å². The highest BCUT2D eigenvalue weighted by molar-refractivity contribution is 4.98. The van der Waals surface area contributed by atoms with E-state index in [0.29, 0.717) is 0 Å². The first-order valence-corrected chi connectivity index (χ1v) is 4.25. The van der Waals surface area contributed by atoms with E-state index in [-0.39, 0.29) is 5.60 Å². The van der Waals surface area contributed by atoms with Crippen LogP contribution in [0.15, 0.2) is 0 Å². The van der Waals surface area contributed by atoms with Gasteiger partial charge in [0.2, 0.25) is 0 Å². The molecule has 1 aliphatic rings. The van der Waals surface area contributed by atoms with Crippen molar-refractivity contribution >= 4 is 0 Å². The molecule has 1 aliphatic carbocycles. The fourth-order valence-electron chi connectivity index (χ4n) is 1.41. The van der Waals surface area contributed by atoms with Crippen LogP contribution >= 0.6 is 0 Å². The molecule has 0 amide bonds. The van der Waals surface area contributed by atoms with Crippen LogP contribution in [0.1, 0.15) is 26.2 Å². The SMILES string of the molecule is COC1(CC(C)(OC)OC)CC1. The summed E-state index contributed by atoms with van der Waals surface area (Å²) in [5.74, 6) is -0.494. The monoisotopic (exact) mass is 174 g/mol. The van der Waals surface area contributed by atoms with Gasteiger partial charge in [-0.3, -0.25) is 0 Å². The maximum atomic E-state index is 5.39. The van der Waals surface area contributed by atoms with Crippen molar-refractivity contribution in [3.8, 4) is 0 Å². The summed E-state index contributed by atoms with van der Waals surface area (Å²) in [7, 11) is 5.07. The summed E-state index contributed by atoms with van der Waals surface area (Å²) >= 11 is 0. The predicted molar refractivity (Wildman–Crippen MR) is 46.0 cm³/mol. The van der Waals surface area contributed by atoms with Crippen LogP contribution in [0, 0.1) is 0 Å². The summed E-state index contributed by atoms with van der Waals surface area (Å²) < 4.78 is 15.9. The van der Waals surface area contributed by atoms with Crippen LogP contribution in [0.3, 0.4) is 0 Å². The van der Waals surface area contributed by atoms with Crippen LogP contribution in [-0.4, -0.2) is 32.7 Å². The lowest BCUT2D eigenvalue weighted by Crippen LogP contribution is -2.35. The predicted octanol–water partition coefficient (Wildman–Crippen LogP) is 1.56. The van der Waals surface area contributed by atoms with Crippen molar-refractivity contribution in [3.05, 3.63) is 0 Å². The molecule has 3 nitrogen and oxygen atoms in total. The zero-order valence-corrected chi connectivity index (χ0v) is 8.35. The highest BCUT2D eigenvalue weighted by atomic mass is 16.7. The number of hydrogen-bond acceptors (Lipinski definition) is 3. The minimum atomic E-state index is -0.494. The van der Waals surface area contributed by atoms with E-state index in [4.69, 9.17) is 14.2 Å². The standard InChI is InChI=1S/C9H18O3/c1-8(10-2,11-3)7-9(12-4)5-6-9/h5-7H2,1-4H3. The zero-order valence-electron chi connectivity index (χ0n) is 8.35. The third-order valence-electron chi connectivity index (χ3n) is 2.75. The van der Waals surface area contributed by atoms with E-state index in [1.165, 1.54) is 0 Å². The van der Waals surface area contributed by atoms with Gasteiger partial charge in [-0.2, -0.15) is 0 Å². The lowest BCUT2D eigenvalue weighted by atomic mass is 10.1. The average molecular weight is 174 g/mol. The second kappa shape index (κ2) is 3.32. The Labute approximate surface area is 74.0 Å². The normalized spacial score (nSPS) is 21.0. The van der Waals surface area contributed by atoms with Crippen LogP contribution in [-0.2, 0) is 14.2 Å². The van der Waals surface area contributed by atoms with E-state index < -0.39 is 5.79 Å². The maximum absolute atomic E-state index is 5.39. The van der Waals surface area contributed by atoms with Crippen LogP contribution < -0.4 is 0 Å². The Balaban J connectivity index is 2.47. The first-order chi connectivity index (χ1) is 5.60. The van der Waals surface area contributed by atoms with E-state index in [1.54, 1.807) is 21.3 Å². The Bertz CT molecular complexity index is 148. The molecule has 0 N–H and O–H groups in total. The van der Waals surface area contributed by atoms with Gasteiger partial charge in [0.25, 0.3) is 0 Å². The van der Waals surface area contributed by atoms with Crippen LogP contribution in [0.25, 0.3) is 0 Å². The Morgan fingerprint density at radius 2 is 1.67 bits per heavy atom. The van der Waals surface area contributed by atoms with Crippen molar-refractivity contribution in [2.24, 2.45) is 0 Å². The van der Waals surface area contributed by atoms with E-state index in [2.05, 4.69) is 0 Å². The maximum Gasteiger partial charge on any atom is 0.167 e. The topological polar surface area (TPSA) is 27.7 Å². The molecule has 0 aromatic rings. The summed E-state index contributed by atoms with van der Waals surface area (Å²) in [5, 5.41) is 0. The quantitative estimate of drug-likeness (QED) is 0.592. The smallest absolute Gasteiger partial charge is 0.167 e. The van der Waals surface area contributed by atoms with Crippen LogP contribution in [0.2, 0.25) is 0 Å². The average Bonchev–Trinajstić information content (AvgIpc) is 2.85. The molecule has 0 aromatic heterocycles. The molecule has 0 heterocycles. The second-order valence-electron chi connectivity index (χ2n) is 3.61. The van der Waals surface area contributed by atoms with Gasteiger partial charge in [-0.25, -0.2) is 0 Å². The Hall–Kier alpha value is -0.120. The molecule has 0 radical (unpaired) electrons. The summed E-state index contributed by atoms with van der Waals surface area (Å²) in [6.07, 6.45) is 3.04. The van der Waals surface area contributed by atoms with Gasteiger partial charge in [0, 0.05) is 27.8 Å². The molecule has 0 unspecified atom stereocenters.